The maximum absolute atomic E-state index is 11.7. The van der Waals surface area contributed by atoms with E-state index in [0.29, 0.717) is 4.57 Å². The lowest BCUT2D eigenvalue weighted by Gasteiger charge is -2.03. The van der Waals surface area contributed by atoms with Crippen LogP contribution in [-0.2, 0) is 0 Å². The zero-order valence-corrected chi connectivity index (χ0v) is 8.47. The molecule has 2 rings (SSSR count). The Labute approximate surface area is 93.3 Å². The Morgan fingerprint density at radius 2 is 2.12 bits per heavy atom. The van der Waals surface area contributed by atoms with Crippen molar-refractivity contribution in [2.45, 2.75) is 0 Å². The quantitative estimate of drug-likeness (QED) is 0.677. The normalized spacial score (nSPS) is 10.6. The molecule has 7 heteroatoms. The third-order valence-corrected chi connectivity index (χ3v) is 2.26. The van der Waals surface area contributed by atoms with Crippen LogP contribution in [0, 0.1) is 0 Å². The second-order valence-electron chi connectivity index (χ2n) is 3.01. The number of hydrogen-bond acceptors (Lipinski definition) is 4. The molecule has 0 spiro atoms. The molecular formula is C9H5ClN2O4. The van der Waals surface area contributed by atoms with Crippen molar-refractivity contribution in [1.29, 1.82) is 0 Å². The van der Waals surface area contributed by atoms with Gasteiger partial charge in [-0.2, -0.15) is 4.57 Å². The van der Waals surface area contributed by atoms with Crippen LogP contribution in [0.1, 0.15) is 0 Å². The minimum absolute atomic E-state index is 0.00759. The summed E-state index contributed by atoms with van der Waals surface area (Å²) in [4.78, 5) is 26.2. The third kappa shape index (κ3) is 1.49. The van der Waals surface area contributed by atoms with E-state index in [4.69, 9.17) is 16.7 Å². The predicted octanol–water partition coefficient (Wildman–Crippen LogP) is 1.28. The third-order valence-electron chi connectivity index (χ3n) is 2.00. The van der Waals surface area contributed by atoms with Crippen LogP contribution < -0.4 is 5.56 Å². The Balaban J connectivity index is 2.96. The Morgan fingerprint density at radius 1 is 1.44 bits per heavy atom. The van der Waals surface area contributed by atoms with Crippen LogP contribution in [0.5, 0.6) is 5.75 Å². The van der Waals surface area contributed by atoms with Gasteiger partial charge in [0.05, 0.1) is 10.9 Å². The highest BCUT2D eigenvalue weighted by atomic mass is 35.5. The van der Waals surface area contributed by atoms with Gasteiger partial charge in [-0.3, -0.25) is 4.79 Å². The van der Waals surface area contributed by atoms with Crippen molar-refractivity contribution in [3.05, 3.63) is 33.8 Å². The fraction of sp³-hybridized carbons (Fsp3) is 0. The van der Waals surface area contributed by atoms with E-state index in [1.165, 1.54) is 12.1 Å². The number of rotatable bonds is 0. The summed E-state index contributed by atoms with van der Waals surface area (Å²) in [6, 6.07) is 3.85. The van der Waals surface area contributed by atoms with Gasteiger partial charge in [0.15, 0.2) is 0 Å². The largest absolute Gasteiger partial charge is 0.508 e. The molecule has 2 N–H and O–H groups in total. The summed E-state index contributed by atoms with van der Waals surface area (Å²) < 4.78 is 0.309. The van der Waals surface area contributed by atoms with Crippen molar-refractivity contribution in [1.82, 2.24) is 9.55 Å². The molecule has 1 heterocycles. The van der Waals surface area contributed by atoms with Crippen LogP contribution in [0.2, 0.25) is 5.28 Å². The van der Waals surface area contributed by atoms with E-state index in [9.17, 15) is 14.7 Å². The van der Waals surface area contributed by atoms with Crippen molar-refractivity contribution in [2.75, 3.05) is 0 Å². The molecule has 0 aliphatic carbocycles. The molecule has 0 aliphatic heterocycles. The number of carbonyl (C=O) groups is 1. The number of nitrogens with zero attached hydrogens (tertiary/aromatic N) is 2. The number of phenolic OH excluding ortho intramolecular Hbond substituents is 1. The Kier molecular flexibility index (Phi) is 2.28. The first kappa shape index (κ1) is 10.4. The standard InChI is InChI=1S/C9H5ClN2O4/c10-8-11-6-2-1-4(13)3-5(6)7(14)12(8)9(15)16/h1-3,13H,(H,15,16). The molecule has 0 amide bonds. The number of phenols is 1. The minimum atomic E-state index is -1.52. The van der Waals surface area contributed by atoms with Gasteiger partial charge in [-0.15, -0.1) is 0 Å². The average Bonchev–Trinajstić information content (AvgIpc) is 2.19. The molecule has 6 nitrogen and oxygen atoms in total. The molecule has 82 valence electrons. The number of aromatic hydroxyl groups is 1. The van der Waals surface area contributed by atoms with E-state index in [1.54, 1.807) is 0 Å². The lowest BCUT2D eigenvalue weighted by atomic mass is 10.2. The zero-order chi connectivity index (χ0) is 11.9. The summed E-state index contributed by atoms with van der Waals surface area (Å²) in [7, 11) is 0. The van der Waals surface area contributed by atoms with Gasteiger partial charge in [0.2, 0.25) is 5.28 Å². The maximum atomic E-state index is 11.7. The number of halogens is 1. The highest BCUT2D eigenvalue weighted by Gasteiger charge is 2.14. The summed E-state index contributed by atoms with van der Waals surface area (Å²) in [6.45, 7) is 0. The molecule has 16 heavy (non-hydrogen) atoms. The molecular weight excluding hydrogens is 236 g/mol. The van der Waals surface area contributed by atoms with Gasteiger partial charge in [0, 0.05) is 0 Å². The molecule has 0 radical (unpaired) electrons. The van der Waals surface area contributed by atoms with Crippen LogP contribution in [0.25, 0.3) is 10.9 Å². The molecule has 0 fully saturated rings. The van der Waals surface area contributed by atoms with Crippen molar-refractivity contribution in [3.63, 3.8) is 0 Å². The predicted molar refractivity (Wildman–Crippen MR) is 56.1 cm³/mol. The van der Waals surface area contributed by atoms with Crippen LogP contribution in [0.4, 0.5) is 4.79 Å². The monoisotopic (exact) mass is 240 g/mol. The van der Waals surface area contributed by atoms with Crippen LogP contribution in [0.15, 0.2) is 23.0 Å². The van der Waals surface area contributed by atoms with Crippen molar-refractivity contribution in [3.8, 4) is 5.75 Å². The van der Waals surface area contributed by atoms with Crippen molar-refractivity contribution in [2.24, 2.45) is 0 Å². The Morgan fingerprint density at radius 3 is 2.75 bits per heavy atom. The summed E-state index contributed by atoms with van der Waals surface area (Å²) in [5.41, 5.74) is -0.608. The molecule has 0 atom stereocenters. The highest BCUT2D eigenvalue weighted by Crippen LogP contribution is 2.16. The molecule has 0 saturated carbocycles. The average molecular weight is 241 g/mol. The number of hydrogen-bond donors (Lipinski definition) is 2. The topological polar surface area (TPSA) is 92.4 Å². The number of carboxylic acid groups (broad SMARTS) is 1. The first-order chi connectivity index (χ1) is 7.50. The van der Waals surface area contributed by atoms with E-state index in [-0.39, 0.29) is 16.7 Å². The lowest BCUT2D eigenvalue weighted by Crippen LogP contribution is -2.27. The van der Waals surface area contributed by atoms with Crippen LogP contribution in [-0.4, -0.2) is 25.9 Å². The highest BCUT2D eigenvalue weighted by molar-refractivity contribution is 6.29. The first-order valence-corrected chi connectivity index (χ1v) is 4.53. The maximum Gasteiger partial charge on any atom is 0.421 e. The van der Waals surface area contributed by atoms with Gasteiger partial charge in [-0.1, -0.05) is 0 Å². The number of aromatic nitrogens is 2. The fourth-order valence-corrected chi connectivity index (χ4v) is 1.55. The fourth-order valence-electron chi connectivity index (χ4n) is 1.31. The summed E-state index contributed by atoms with van der Waals surface area (Å²) in [5.74, 6) is -0.148. The molecule has 0 saturated heterocycles. The smallest absolute Gasteiger partial charge is 0.421 e. The van der Waals surface area contributed by atoms with E-state index in [0.717, 1.165) is 6.07 Å². The van der Waals surface area contributed by atoms with Gasteiger partial charge < -0.3 is 10.2 Å². The van der Waals surface area contributed by atoms with E-state index < -0.39 is 16.9 Å². The molecule has 0 bridgehead atoms. The van der Waals surface area contributed by atoms with E-state index >= 15 is 0 Å². The number of benzene rings is 1. The van der Waals surface area contributed by atoms with E-state index in [2.05, 4.69) is 4.98 Å². The second kappa shape index (κ2) is 3.49. The SMILES string of the molecule is O=C(O)n1c(Cl)nc2ccc(O)cc2c1=O. The first-order valence-electron chi connectivity index (χ1n) is 4.15. The van der Waals surface area contributed by atoms with Crippen LogP contribution in [0.3, 0.4) is 0 Å². The Hall–Kier alpha value is -2.08. The second-order valence-corrected chi connectivity index (χ2v) is 3.34. The van der Waals surface area contributed by atoms with E-state index in [1.807, 2.05) is 0 Å². The summed E-state index contributed by atoms with van der Waals surface area (Å²) >= 11 is 5.55. The minimum Gasteiger partial charge on any atom is -0.508 e. The number of fused-ring (bicyclic) bond motifs is 1. The Bertz CT molecular complexity index is 650. The van der Waals surface area contributed by atoms with Gasteiger partial charge >= 0.3 is 6.09 Å². The summed E-state index contributed by atoms with van der Waals surface area (Å²) in [6.07, 6.45) is -1.52. The van der Waals surface area contributed by atoms with Gasteiger partial charge in [0.25, 0.3) is 5.56 Å². The molecule has 1 aromatic carbocycles. The van der Waals surface area contributed by atoms with Gasteiger partial charge in [-0.05, 0) is 29.8 Å². The summed E-state index contributed by atoms with van der Waals surface area (Å²) in [5, 5.41) is 17.5. The molecule has 0 unspecified atom stereocenters. The molecule has 1 aromatic heterocycles. The van der Waals surface area contributed by atoms with Crippen LogP contribution >= 0.6 is 11.6 Å². The molecule has 0 aliphatic rings. The van der Waals surface area contributed by atoms with Crippen molar-refractivity contribution < 1.29 is 15.0 Å². The van der Waals surface area contributed by atoms with Gasteiger partial charge in [-0.25, -0.2) is 9.78 Å². The molecule has 2 aromatic rings. The van der Waals surface area contributed by atoms with Crippen molar-refractivity contribution >= 4 is 28.6 Å². The van der Waals surface area contributed by atoms with Gasteiger partial charge in [0.1, 0.15) is 5.75 Å². The lowest BCUT2D eigenvalue weighted by molar-refractivity contribution is 0.195. The zero-order valence-electron chi connectivity index (χ0n) is 7.72.